The fourth-order valence-corrected chi connectivity index (χ4v) is 2.85. The summed E-state index contributed by atoms with van der Waals surface area (Å²) in [6.45, 7) is -0.102. The van der Waals surface area contributed by atoms with Gasteiger partial charge in [-0.15, -0.1) is 0 Å². The van der Waals surface area contributed by atoms with Crippen molar-refractivity contribution in [3.63, 3.8) is 0 Å². The average Bonchev–Trinajstić information content (AvgIpc) is 2.73. The van der Waals surface area contributed by atoms with Gasteiger partial charge in [-0.2, -0.15) is 0 Å². The van der Waals surface area contributed by atoms with Crippen LogP contribution in [0.1, 0.15) is 10.4 Å². The Bertz CT molecular complexity index is 953. The minimum Gasteiger partial charge on any atom is -0.484 e. The minimum atomic E-state index is -0.273. The third kappa shape index (κ3) is 5.20. The Morgan fingerprint density at radius 1 is 0.857 bits per heavy atom. The number of benzene rings is 3. The van der Waals surface area contributed by atoms with Crippen LogP contribution in [-0.4, -0.2) is 25.5 Å². The molecule has 2 N–H and O–H groups in total. The second-order valence-electron chi connectivity index (χ2n) is 6.02. The van der Waals surface area contributed by atoms with Gasteiger partial charge in [-0.25, -0.2) is 0 Å². The summed E-state index contributed by atoms with van der Waals surface area (Å²) in [4.78, 5) is 23.6. The van der Waals surface area contributed by atoms with Crippen LogP contribution in [-0.2, 0) is 4.79 Å². The summed E-state index contributed by atoms with van der Waals surface area (Å²) in [7, 11) is 1.57. The molecular formula is C22H19BrN2O3. The fraction of sp³-hybridized carbons (Fsp3) is 0.0909. The van der Waals surface area contributed by atoms with Crippen molar-refractivity contribution >= 4 is 33.4 Å². The predicted octanol–water partition coefficient (Wildman–Crippen LogP) is 4.49. The molecule has 2 amide bonds. The first kappa shape index (κ1) is 19.6. The van der Waals surface area contributed by atoms with Gasteiger partial charge in [0.25, 0.3) is 11.8 Å². The monoisotopic (exact) mass is 438 g/mol. The number of hydrogen-bond donors (Lipinski definition) is 2. The maximum atomic E-state index is 12.1. The molecule has 3 rings (SSSR count). The molecular weight excluding hydrogens is 420 g/mol. The number of carbonyl (C=O) groups is 2. The van der Waals surface area contributed by atoms with Crippen LogP contribution in [0.15, 0.2) is 77.3 Å². The van der Waals surface area contributed by atoms with E-state index >= 15 is 0 Å². The molecule has 3 aromatic rings. The third-order valence-electron chi connectivity index (χ3n) is 4.06. The van der Waals surface area contributed by atoms with Gasteiger partial charge < -0.3 is 15.4 Å². The van der Waals surface area contributed by atoms with Crippen LogP contribution in [0.3, 0.4) is 0 Å². The van der Waals surface area contributed by atoms with E-state index in [0.29, 0.717) is 17.0 Å². The molecule has 0 aliphatic heterocycles. The largest absolute Gasteiger partial charge is 0.484 e. The molecule has 0 aliphatic carbocycles. The normalized spacial score (nSPS) is 10.2. The molecule has 6 heteroatoms. The van der Waals surface area contributed by atoms with Crippen LogP contribution in [0.25, 0.3) is 11.1 Å². The number of anilines is 1. The lowest BCUT2D eigenvalue weighted by molar-refractivity contribution is -0.118. The van der Waals surface area contributed by atoms with Crippen LogP contribution >= 0.6 is 15.9 Å². The number of rotatable bonds is 6. The van der Waals surface area contributed by atoms with Crippen molar-refractivity contribution < 1.29 is 14.3 Å². The predicted molar refractivity (Wildman–Crippen MR) is 114 cm³/mol. The molecule has 0 atom stereocenters. The van der Waals surface area contributed by atoms with Gasteiger partial charge in [0.2, 0.25) is 0 Å². The Labute approximate surface area is 171 Å². The molecule has 0 saturated heterocycles. The Morgan fingerprint density at radius 3 is 2.00 bits per heavy atom. The molecule has 5 nitrogen and oxygen atoms in total. The molecule has 142 valence electrons. The van der Waals surface area contributed by atoms with Crippen molar-refractivity contribution in [1.82, 2.24) is 5.32 Å². The van der Waals surface area contributed by atoms with Gasteiger partial charge in [-0.3, -0.25) is 9.59 Å². The van der Waals surface area contributed by atoms with Crippen molar-refractivity contribution in [3.8, 4) is 16.9 Å². The molecule has 0 spiro atoms. The standard InChI is InChI=1S/C22H19BrN2O3/c1-24-22(27)17-4-10-19(11-5-17)25-21(26)14-28-20-12-6-16(7-13-20)15-2-8-18(23)9-3-15/h2-13H,14H2,1H3,(H,24,27)(H,25,26). The Balaban J connectivity index is 1.53. The summed E-state index contributed by atoms with van der Waals surface area (Å²) < 4.78 is 6.58. The average molecular weight is 439 g/mol. The van der Waals surface area contributed by atoms with Gasteiger partial charge >= 0.3 is 0 Å². The quantitative estimate of drug-likeness (QED) is 0.595. The van der Waals surface area contributed by atoms with E-state index < -0.39 is 0 Å². The summed E-state index contributed by atoms with van der Waals surface area (Å²) in [5.74, 6) is 0.170. The SMILES string of the molecule is CNC(=O)c1ccc(NC(=O)COc2ccc(-c3ccc(Br)cc3)cc2)cc1. The lowest BCUT2D eigenvalue weighted by atomic mass is 10.1. The van der Waals surface area contributed by atoms with Gasteiger partial charge in [-0.1, -0.05) is 40.2 Å². The molecule has 0 aromatic heterocycles. The lowest BCUT2D eigenvalue weighted by Crippen LogP contribution is -2.20. The van der Waals surface area contributed by atoms with Crippen LogP contribution < -0.4 is 15.4 Å². The second-order valence-corrected chi connectivity index (χ2v) is 6.94. The van der Waals surface area contributed by atoms with Gasteiger partial charge in [0.15, 0.2) is 6.61 Å². The topological polar surface area (TPSA) is 67.4 Å². The number of nitrogens with one attached hydrogen (secondary N) is 2. The number of amides is 2. The minimum absolute atomic E-state index is 0.102. The van der Waals surface area contributed by atoms with Crippen molar-refractivity contribution in [1.29, 1.82) is 0 Å². The van der Waals surface area contributed by atoms with Crippen LogP contribution in [0.2, 0.25) is 0 Å². The second kappa shape index (κ2) is 9.19. The molecule has 0 fully saturated rings. The zero-order valence-corrected chi connectivity index (χ0v) is 16.8. The molecule has 28 heavy (non-hydrogen) atoms. The highest BCUT2D eigenvalue weighted by molar-refractivity contribution is 9.10. The van der Waals surface area contributed by atoms with E-state index in [-0.39, 0.29) is 18.4 Å². The molecule has 0 aliphatic rings. The van der Waals surface area contributed by atoms with Crippen LogP contribution in [0.4, 0.5) is 5.69 Å². The zero-order chi connectivity index (χ0) is 19.9. The zero-order valence-electron chi connectivity index (χ0n) is 15.2. The summed E-state index contributed by atoms with van der Waals surface area (Å²) in [5.41, 5.74) is 3.31. The summed E-state index contributed by atoms with van der Waals surface area (Å²) in [5, 5.41) is 5.29. The Hall–Kier alpha value is -3.12. The summed E-state index contributed by atoms with van der Waals surface area (Å²) in [6, 6.07) is 22.3. The van der Waals surface area contributed by atoms with E-state index in [1.807, 2.05) is 48.5 Å². The van der Waals surface area contributed by atoms with Gasteiger partial charge in [-0.05, 0) is 59.7 Å². The molecule has 0 saturated carbocycles. The van der Waals surface area contributed by atoms with E-state index in [0.717, 1.165) is 15.6 Å². The molecule has 0 heterocycles. The van der Waals surface area contributed by atoms with Crippen molar-refractivity contribution in [2.24, 2.45) is 0 Å². The van der Waals surface area contributed by atoms with Crippen LogP contribution in [0.5, 0.6) is 5.75 Å². The highest BCUT2D eigenvalue weighted by Gasteiger charge is 2.06. The van der Waals surface area contributed by atoms with E-state index in [9.17, 15) is 9.59 Å². The Morgan fingerprint density at radius 2 is 1.43 bits per heavy atom. The summed E-state index contributed by atoms with van der Waals surface area (Å²) in [6.07, 6.45) is 0. The molecule has 0 unspecified atom stereocenters. The van der Waals surface area contributed by atoms with Crippen molar-refractivity contribution in [2.45, 2.75) is 0 Å². The number of ether oxygens (including phenoxy) is 1. The van der Waals surface area contributed by atoms with Crippen molar-refractivity contribution in [3.05, 3.63) is 82.8 Å². The maximum absolute atomic E-state index is 12.1. The van der Waals surface area contributed by atoms with E-state index in [1.54, 1.807) is 31.3 Å². The summed E-state index contributed by atoms with van der Waals surface area (Å²) >= 11 is 3.42. The molecule has 0 radical (unpaired) electrons. The molecule has 0 bridgehead atoms. The Kier molecular flexibility index (Phi) is 6.45. The third-order valence-corrected chi connectivity index (χ3v) is 4.59. The maximum Gasteiger partial charge on any atom is 0.262 e. The van der Waals surface area contributed by atoms with E-state index in [1.165, 1.54) is 0 Å². The smallest absolute Gasteiger partial charge is 0.262 e. The van der Waals surface area contributed by atoms with Gasteiger partial charge in [0.05, 0.1) is 0 Å². The lowest BCUT2D eigenvalue weighted by Gasteiger charge is -2.09. The first-order valence-corrected chi connectivity index (χ1v) is 9.45. The van der Waals surface area contributed by atoms with Gasteiger partial charge in [0.1, 0.15) is 5.75 Å². The number of hydrogen-bond acceptors (Lipinski definition) is 3. The first-order valence-electron chi connectivity index (χ1n) is 8.66. The van der Waals surface area contributed by atoms with Gasteiger partial charge in [0, 0.05) is 22.8 Å². The van der Waals surface area contributed by atoms with Crippen LogP contribution in [0, 0.1) is 0 Å². The first-order chi connectivity index (χ1) is 13.5. The fourth-order valence-electron chi connectivity index (χ4n) is 2.58. The molecule has 3 aromatic carbocycles. The van der Waals surface area contributed by atoms with E-state index in [4.69, 9.17) is 4.74 Å². The number of carbonyl (C=O) groups excluding carboxylic acids is 2. The van der Waals surface area contributed by atoms with Crippen molar-refractivity contribution in [2.75, 3.05) is 19.0 Å². The highest BCUT2D eigenvalue weighted by atomic mass is 79.9. The highest BCUT2D eigenvalue weighted by Crippen LogP contribution is 2.24. The van der Waals surface area contributed by atoms with E-state index in [2.05, 4.69) is 26.6 Å². The number of halogens is 1.